The minimum atomic E-state index is -0.584. The fourth-order valence-corrected chi connectivity index (χ4v) is 2.14. The third kappa shape index (κ3) is 2.33. The molecule has 2 nitrogen and oxygen atoms in total. The fraction of sp³-hybridized carbons (Fsp3) is 0.500. The van der Waals surface area contributed by atoms with Crippen LogP contribution in [0.4, 0.5) is 4.39 Å². The monoisotopic (exact) mass is 235 g/mol. The average molecular weight is 235 g/mol. The molecule has 1 saturated carbocycles. The highest BCUT2D eigenvalue weighted by Gasteiger charge is 2.52. The topological polar surface area (TPSA) is 29.1 Å². The van der Waals surface area contributed by atoms with Gasteiger partial charge in [-0.3, -0.25) is 4.79 Å². The minimum Gasteiger partial charge on any atom is -0.355 e. The predicted molar refractivity (Wildman–Crippen MR) is 65.2 cm³/mol. The predicted octanol–water partition coefficient (Wildman–Crippen LogP) is 2.77. The number of unbranched alkanes of at least 4 members (excludes halogenated alkanes) is 1. The molecular weight excluding hydrogens is 217 g/mol. The fourth-order valence-electron chi connectivity index (χ4n) is 2.14. The van der Waals surface area contributed by atoms with Gasteiger partial charge in [-0.15, -0.1) is 0 Å². The third-order valence-electron chi connectivity index (χ3n) is 3.39. The second-order valence-electron chi connectivity index (χ2n) is 4.67. The molecule has 0 spiro atoms. The van der Waals surface area contributed by atoms with Crippen LogP contribution in [0.3, 0.4) is 0 Å². The van der Waals surface area contributed by atoms with E-state index >= 15 is 0 Å². The van der Waals surface area contributed by atoms with E-state index in [-0.39, 0.29) is 11.7 Å². The van der Waals surface area contributed by atoms with Gasteiger partial charge in [-0.05, 0) is 25.3 Å². The summed E-state index contributed by atoms with van der Waals surface area (Å²) in [5, 5.41) is 2.91. The molecule has 3 heteroatoms. The van der Waals surface area contributed by atoms with E-state index in [1.807, 2.05) is 0 Å². The number of hydrogen-bond donors (Lipinski definition) is 1. The summed E-state index contributed by atoms with van der Waals surface area (Å²) in [6, 6.07) is 6.60. The van der Waals surface area contributed by atoms with Crippen LogP contribution in [-0.4, -0.2) is 12.5 Å². The van der Waals surface area contributed by atoms with E-state index in [0.29, 0.717) is 12.1 Å². The van der Waals surface area contributed by atoms with Crippen molar-refractivity contribution in [1.29, 1.82) is 0 Å². The van der Waals surface area contributed by atoms with Crippen LogP contribution in [0.2, 0.25) is 0 Å². The van der Waals surface area contributed by atoms with Gasteiger partial charge >= 0.3 is 0 Å². The first-order chi connectivity index (χ1) is 8.20. The van der Waals surface area contributed by atoms with E-state index in [2.05, 4.69) is 12.2 Å². The quantitative estimate of drug-likeness (QED) is 0.781. The summed E-state index contributed by atoms with van der Waals surface area (Å²) in [5.74, 6) is -0.285. The van der Waals surface area contributed by atoms with Crippen molar-refractivity contribution in [3.8, 4) is 0 Å². The minimum absolute atomic E-state index is 0.0175. The maximum Gasteiger partial charge on any atom is 0.230 e. The zero-order valence-corrected chi connectivity index (χ0v) is 10.1. The van der Waals surface area contributed by atoms with Crippen LogP contribution in [-0.2, 0) is 10.2 Å². The van der Waals surface area contributed by atoms with Gasteiger partial charge < -0.3 is 5.32 Å². The summed E-state index contributed by atoms with van der Waals surface area (Å²) in [4.78, 5) is 12.1. The number of benzene rings is 1. The Labute approximate surface area is 101 Å². The van der Waals surface area contributed by atoms with Crippen LogP contribution >= 0.6 is 0 Å². The molecule has 1 fully saturated rings. The molecule has 1 aliphatic rings. The second-order valence-corrected chi connectivity index (χ2v) is 4.67. The maximum absolute atomic E-state index is 13.7. The number of halogens is 1. The first kappa shape index (κ1) is 12.1. The van der Waals surface area contributed by atoms with Crippen molar-refractivity contribution < 1.29 is 9.18 Å². The van der Waals surface area contributed by atoms with Gasteiger partial charge in [0.1, 0.15) is 5.82 Å². The van der Waals surface area contributed by atoms with E-state index in [0.717, 1.165) is 25.7 Å². The largest absolute Gasteiger partial charge is 0.355 e. The Morgan fingerprint density at radius 2 is 2.12 bits per heavy atom. The number of carbonyl (C=O) groups is 1. The van der Waals surface area contributed by atoms with Crippen molar-refractivity contribution in [3.05, 3.63) is 35.6 Å². The summed E-state index contributed by atoms with van der Waals surface area (Å²) >= 11 is 0. The Morgan fingerprint density at radius 1 is 1.41 bits per heavy atom. The Morgan fingerprint density at radius 3 is 2.71 bits per heavy atom. The summed E-state index contributed by atoms with van der Waals surface area (Å²) < 4.78 is 13.7. The Balaban J connectivity index is 2.09. The summed E-state index contributed by atoms with van der Waals surface area (Å²) in [6.45, 7) is 2.77. The van der Waals surface area contributed by atoms with E-state index in [9.17, 15) is 9.18 Å². The van der Waals surface area contributed by atoms with Crippen molar-refractivity contribution in [2.24, 2.45) is 0 Å². The lowest BCUT2D eigenvalue weighted by molar-refractivity contribution is -0.123. The van der Waals surface area contributed by atoms with Gasteiger partial charge in [0.15, 0.2) is 0 Å². The van der Waals surface area contributed by atoms with Crippen LogP contribution in [0, 0.1) is 5.82 Å². The molecule has 0 bridgehead atoms. The molecule has 0 radical (unpaired) electrons. The van der Waals surface area contributed by atoms with Crippen molar-refractivity contribution in [3.63, 3.8) is 0 Å². The zero-order valence-electron chi connectivity index (χ0n) is 10.1. The molecule has 1 amide bonds. The highest BCUT2D eigenvalue weighted by atomic mass is 19.1. The van der Waals surface area contributed by atoms with Crippen LogP contribution in [0.5, 0.6) is 0 Å². The third-order valence-corrected chi connectivity index (χ3v) is 3.39. The highest BCUT2D eigenvalue weighted by molar-refractivity contribution is 5.91. The molecule has 0 saturated heterocycles. The molecule has 0 heterocycles. The standard InChI is InChI=1S/C14H18FNO/c1-2-3-10-16-13(17)14(8-9-14)11-6-4-5-7-12(11)15/h4-7H,2-3,8-10H2,1H3,(H,16,17). The number of hydrogen-bond acceptors (Lipinski definition) is 1. The molecule has 0 unspecified atom stereocenters. The van der Waals surface area contributed by atoms with Gasteiger partial charge in [-0.1, -0.05) is 31.5 Å². The molecule has 1 N–H and O–H groups in total. The van der Waals surface area contributed by atoms with Crippen molar-refractivity contribution in [2.45, 2.75) is 38.0 Å². The number of carbonyl (C=O) groups excluding carboxylic acids is 1. The second kappa shape index (κ2) is 4.86. The number of nitrogens with one attached hydrogen (secondary N) is 1. The van der Waals surface area contributed by atoms with Gasteiger partial charge in [0, 0.05) is 12.1 Å². The summed E-state index contributed by atoms with van der Waals surface area (Å²) in [7, 11) is 0. The van der Waals surface area contributed by atoms with Gasteiger partial charge in [0.05, 0.1) is 5.41 Å². The van der Waals surface area contributed by atoms with Gasteiger partial charge in [0.25, 0.3) is 0 Å². The molecule has 2 rings (SSSR count). The van der Waals surface area contributed by atoms with Crippen molar-refractivity contribution in [2.75, 3.05) is 6.54 Å². The van der Waals surface area contributed by atoms with E-state index < -0.39 is 5.41 Å². The van der Waals surface area contributed by atoms with E-state index in [1.165, 1.54) is 6.07 Å². The number of amides is 1. The van der Waals surface area contributed by atoms with Crippen LogP contribution < -0.4 is 5.32 Å². The lowest BCUT2D eigenvalue weighted by Crippen LogP contribution is -2.35. The van der Waals surface area contributed by atoms with Gasteiger partial charge in [-0.2, -0.15) is 0 Å². The highest BCUT2D eigenvalue weighted by Crippen LogP contribution is 2.49. The van der Waals surface area contributed by atoms with Crippen LogP contribution in [0.25, 0.3) is 0 Å². The smallest absolute Gasteiger partial charge is 0.230 e. The van der Waals surface area contributed by atoms with Crippen molar-refractivity contribution in [1.82, 2.24) is 5.32 Å². The van der Waals surface area contributed by atoms with Crippen LogP contribution in [0.1, 0.15) is 38.2 Å². The first-order valence-corrected chi connectivity index (χ1v) is 6.24. The molecule has 0 aliphatic heterocycles. The summed E-state index contributed by atoms with van der Waals surface area (Å²) in [6.07, 6.45) is 3.53. The Hall–Kier alpha value is -1.38. The molecule has 1 aliphatic carbocycles. The SMILES string of the molecule is CCCCNC(=O)C1(c2ccccc2F)CC1. The molecular formula is C14H18FNO. The lowest BCUT2D eigenvalue weighted by atomic mass is 9.94. The van der Waals surface area contributed by atoms with Gasteiger partial charge in [0.2, 0.25) is 5.91 Å². The van der Waals surface area contributed by atoms with Crippen molar-refractivity contribution >= 4 is 5.91 Å². The average Bonchev–Trinajstić information content (AvgIpc) is 3.11. The van der Waals surface area contributed by atoms with Gasteiger partial charge in [-0.25, -0.2) is 4.39 Å². The first-order valence-electron chi connectivity index (χ1n) is 6.24. The maximum atomic E-state index is 13.7. The lowest BCUT2D eigenvalue weighted by Gasteiger charge is -2.16. The molecule has 17 heavy (non-hydrogen) atoms. The zero-order chi connectivity index (χ0) is 12.3. The molecule has 0 aromatic heterocycles. The summed E-state index contributed by atoms with van der Waals surface area (Å²) in [5.41, 5.74) is -0.0342. The Kier molecular flexibility index (Phi) is 3.46. The normalized spacial score (nSPS) is 16.6. The van der Waals surface area contributed by atoms with E-state index in [4.69, 9.17) is 0 Å². The molecule has 92 valence electrons. The molecule has 0 atom stereocenters. The Bertz CT molecular complexity index is 412. The van der Waals surface area contributed by atoms with E-state index in [1.54, 1.807) is 18.2 Å². The molecule has 1 aromatic carbocycles. The number of rotatable bonds is 5. The van der Waals surface area contributed by atoms with Crippen LogP contribution in [0.15, 0.2) is 24.3 Å². The molecule has 1 aromatic rings.